The number of thiophene rings is 1. The van der Waals surface area contributed by atoms with E-state index >= 15 is 0 Å². The first-order chi connectivity index (χ1) is 8.97. The Bertz CT molecular complexity index is 491. The van der Waals surface area contributed by atoms with Gasteiger partial charge in [0.15, 0.2) is 0 Å². The highest BCUT2D eigenvalue weighted by molar-refractivity contribution is 7.07. The summed E-state index contributed by atoms with van der Waals surface area (Å²) < 4.78 is 0. The SMILES string of the molecule is CC(C)(C)c1ccc(C(O)CCc2ccsc2)cc1. The van der Waals surface area contributed by atoms with E-state index in [1.807, 2.05) is 0 Å². The van der Waals surface area contributed by atoms with Gasteiger partial charge in [-0.2, -0.15) is 11.3 Å². The van der Waals surface area contributed by atoms with Crippen LogP contribution in [-0.2, 0) is 11.8 Å². The van der Waals surface area contributed by atoms with Crippen molar-refractivity contribution in [1.29, 1.82) is 0 Å². The number of rotatable bonds is 4. The molecule has 1 N–H and O–H groups in total. The van der Waals surface area contributed by atoms with Crippen LogP contribution in [0.4, 0.5) is 0 Å². The zero-order valence-corrected chi connectivity index (χ0v) is 12.7. The fraction of sp³-hybridized carbons (Fsp3) is 0.412. The number of aryl methyl sites for hydroxylation is 1. The van der Waals surface area contributed by atoms with Crippen molar-refractivity contribution >= 4 is 11.3 Å². The van der Waals surface area contributed by atoms with E-state index in [4.69, 9.17) is 0 Å². The van der Waals surface area contributed by atoms with Gasteiger partial charge in [-0.1, -0.05) is 45.0 Å². The fourth-order valence-corrected chi connectivity index (χ4v) is 2.81. The number of aliphatic hydroxyl groups is 1. The highest BCUT2D eigenvalue weighted by atomic mass is 32.1. The summed E-state index contributed by atoms with van der Waals surface area (Å²) in [4.78, 5) is 0. The third-order valence-corrected chi connectivity index (χ3v) is 4.18. The molecule has 0 saturated carbocycles. The lowest BCUT2D eigenvalue weighted by Crippen LogP contribution is -2.11. The second-order valence-corrected chi connectivity index (χ2v) is 6.84. The molecule has 1 nitrogen and oxygen atoms in total. The molecular formula is C17H22OS. The van der Waals surface area contributed by atoms with E-state index in [1.165, 1.54) is 11.1 Å². The Hall–Kier alpha value is -1.12. The summed E-state index contributed by atoms with van der Waals surface area (Å²) >= 11 is 1.71. The molecule has 0 aliphatic rings. The summed E-state index contributed by atoms with van der Waals surface area (Å²) in [5, 5.41) is 14.4. The monoisotopic (exact) mass is 274 g/mol. The second kappa shape index (κ2) is 5.89. The minimum atomic E-state index is -0.367. The Labute approximate surface area is 119 Å². The molecule has 19 heavy (non-hydrogen) atoms. The molecule has 0 saturated heterocycles. The van der Waals surface area contributed by atoms with Crippen molar-refractivity contribution in [3.63, 3.8) is 0 Å². The quantitative estimate of drug-likeness (QED) is 0.856. The summed E-state index contributed by atoms with van der Waals surface area (Å²) in [5.74, 6) is 0. The van der Waals surface area contributed by atoms with E-state index in [1.54, 1.807) is 11.3 Å². The first kappa shape index (κ1) is 14.3. The van der Waals surface area contributed by atoms with E-state index < -0.39 is 0 Å². The summed E-state index contributed by atoms with van der Waals surface area (Å²) in [5.41, 5.74) is 3.81. The predicted octanol–water partition coefficient (Wildman–Crippen LogP) is 4.71. The number of hydrogen-bond acceptors (Lipinski definition) is 2. The summed E-state index contributed by atoms with van der Waals surface area (Å²) in [6.07, 6.45) is 1.35. The van der Waals surface area contributed by atoms with Crippen molar-refractivity contribution in [3.05, 3.63) is 57.8 Å². The van der Waals surface area contributed by atoms with E-state index in [2.05, 4.69) is 61.9 Å². The van der Waals surface area contributed by atoms with Crippen LogP contribution in [0.1, 0.15) is 50.0 Å². The fourth-order valence-electron chi connectivity index (χ4n) is 2.11. The molecule has 0 amide bonds. The summed E-state index contributed by atoms with van der Waals surface area (Å²) in [6.45, 7) is 6.61. The van der Waals surface area contributed by atoms with Crippen LogP contribution in [0.5, 0.6) is 0 Å². The van der Waals surface area contributed by atoms with E-state index in [0.717, 1.165) is 18.4 Å². The van der Waals surface area contributed by atoms with Crippen molar-refractivity contribution in [2.24, 2.45) is 0 Å². The lowest BCUT2D eigenvalue weighted by Gasteiger charge is -2.20. The molecule has 2 aromatic rings. The highest BCUT2D eigenvalue weighted by Crippen LogP contribution is 2.25. The van der Waals surface area contributed by atoms with Crippen LogP contribution in [-0.4, -0.2) is 5.11 Å². The molecule has 0 spiro atoms. The molecule has 0 fully saturated rings. The molecule has 1 heterocycles. The van der Waals surface area contributed by atoms with Gasteiger partial charge in [-0.25, -0.2) is 0 Å². The second-order valence-electron chi connectivity index (χ2n) is 6.06. The Kier molecular flexibility index (Phi) is 4.43. The molecule has 2 heteroatoms. The minimum Gasteiger partial charge on any atom is -0.388 e. The first-order valence-electron chi connectivity index (χ1n) is 6.76. The van der Waals surface area contributed by atoms with Gasteiger partial charge < -0.3 is 5.11 Å². The van der Waals surface area contributed by atoms with Gasteiger partial charge in [0.1, 0.15) is 0 Å². The zero-order chi connectivity index (χ0) is 13.9. The summed E-state index contributed by atoms with van der Waals surface area (Å²) in [6, 6.07) is 10.5. The van der Waals surface area contributed by atoms with Crippen LogP contribution in [0, 0.1) is 0 Å². The molecule has 0 aliphatic carbocycles. The molecule has 1 aromatic carbocycles. The Morgan fingerprint density at radius 1 is 1.11 bits per heavy atom. The van der Waals surface area contributed by atoms with Crippen molar-refractivity contribution < 1.29 is 5.11 Å². The van der Waals surface area contributed by atoms with Crippen LogP contribution < -0.4 is 0 Å². The maximum atomic E-state index is 10.2. The predicted molar refractivity (Wildman–Crippen MR) is 82.7 cm³/mol. The van der Waals surface area contributed by atoms with E-state index in [-0.39, 0.29) is 11.5 Å². The molecule has 1 aromatic heterocycles. The lowest BCUT2D eigenvalue weighted by atomic mass is 9.86. The number of aliphatic hydroxyl groups excluding tert-OH is 1. The average Bonchev–Trinajstić information content (AvgIpc) is 2.88. The number of benzene rings is 1. The molecule has 1 unspecified atom stereocenters. The number of hydrogen-bond donors (Lipinski definition) is 1. The normalized spacial score (nSPS) is 13.5. The van der Waals surface area contributed by atoms with Gasteiger partial charge in [0.25, 0.3) is 0 Å². The van der Waals surface area contributed by atoms with Crippen molar-refractivity contribution in [2.75, 3.05) is 0 Å². The van der Waals surface area contributed by atoms with Crippen LogP contribution >= 0.6 is 11.3 Å². The maximum Gasteiger partial charge on any atom is 0.0793 e. The molecule has 0 aliphatic heterocycles. The van der Waals surface area contributed by atoms with Gasteiger partial charge >= 0.3 is 0 Å². The largest absolute Gasteiger partial charge is 0.388 e. The van der Waals surface area contributed by atoms with Crippen LogP contribution in [0.15, 0.2) is 41.1 Å². The Morgan fingerprint density at radius 2 is 1.79 bits per heavy atom. The van der Waals surface area contributed by atoms with E-state index in [9.17, 15) is 5.11 Å². The van der Waals surface area contributed by atoms with Crippen LogP contribution in [0.25, 0.3) is 0 Å². The van der Waals surface area contributed by atoms with Gasteiger partial charge in [-0.05, 0) is 51.8 Å². The topological polar surface area (TPSA) is 20.2 Å². The zero-order valence-electron chi connectivity index (χ0n) is 11.9. The summed E-state index contributed by atoms with van der Waals surface area (Å²) in [7, 11) is 0. The van der Waals surface area contributed by atoms with Gasteiger partial charge in [-0.15, -0.1) is 0 Å². The van der Waals surface area contributed by atoms with Crippen molar-refractivity contribution in [3.8, 4) is 0 Å². The van der Waals surface area contributed by atoms with E-state index in [0.29, 0.717) is 0 Å². The van der Waals surface area contributed by atoms with Gasteiger partial charge in [0.05, 0.1) is 6.10 Å². The standard InChI is InChI=1S/C17H22OS/c1-17(2,3)15-7-5-14(6-8-15)16(18)9-4-13-10-11-19-12-13/h5-8,10-12,16,18H,4,9H2,1-3H3. The Balaban J connectivity index is 1.97. The minimum absolute atomic E-state index is 0.167. The third-order valence-electron chi connectivity index (χ3n) is 3.45. The van der Waals surface area contributed by atoms with Crippen LogP contribution in [0.3, 0.4) is 0 Å². The maximum absolute atomic E-state index is 10.2. The van der Waals surface area contributed by atoms with Gasteiger partial charge in [-0.3, -0.25) is 0 Å². The average molecular weight is 274 g/mol. The Morgan fingerprint density at radius 3 is 2.32 bits per heavy atom. The molecule has 102 valence electrons. The molecule has 1 atom stereocenters. The molecule has 0 radical (unpaired) electrons. The van der Waals surface area contributed by atoms with Gasteiger partial charge in [0.2, 0.25) is 0 Å². The molecular weight excluding hydrogens is 252 g/mol. The van der Waals surface area contributed by atoms with Crippen molar-refractivity contribution in [2.45, 2.75) is 45.1 Å². The van der Waals surface area contributed by atoms with Gasteiger partial charge in [0, 0.05) is 0 Å². The van der Waals surface area contributed by atoms with Crippen LogP contribution in [0.2, 0.25) is 0 Å². The first-order valence-corrected chi connectivity index (χ1v) is 7.70. The third kappa shape index (κ3) is 3.92. The smallest absolute Gasteiger partial charge is 0.0793 e. The highest BCUT2D eigenvalue weighted by Gasteiger charge is 2.14. The lowest BCUT2D eigenvalue weighted by molar-refractivity contribution is 0.168. The van der Waals surface area contributed by atoms with Crippen molar-refractivity contribution in [1.82, 2.24) is 0 Å². The molecule has 2 rings (SSSR count). The molecule has 0 bridgehead atoms.